The van der Waals surface area contributed by atoms with E-state index in [0.717, 1.165) is 30.0 Å². The maximum absolute atomic E-state index is 11.6. The molecule has 2 aromatic heterocycles. The lowest BCUT2D eigenvalue weighted by Gasteiger charge is -2.24. The normalized spacial score (nSPS) is 15.8. The summed E-state index contributed by atoms with van der Waals surface area (Å²) < 4.78 is 25.7. The molecule has 126 valence electrons. The Morgan fingerprint density at radius 2 is 2.00 bits per heavy atom. The van der Waals surface area contributed by atoms with Crippen molar-refractivity contribution in [2.24, 2.45) is 5.14 Å². The first-order chi connectivity index (χ1) is 11.3. The van der Waals surface area contributed by atoms with Gasteiger partial charge < -0.3 is 9.47 Å². The number of hydrogen-bond donors (Lipinski definition) is 1. The summed E-state index contributed by atoms with van der Waals surface area (Å²) in [5, 5.41) is 7.43. The Morgan fingerprint density at radius 1 is 1.21 bits per heavy atom. The van der Waals surface area contributed by atoms with Crippen molar-refractivity contribution in [3.63, 3.8) is 0 Å². The van der Waals surface area contributed by atoms with Crippen LogP contribution in [0.4, 0.5) is 0 Å². The van der Waals surface area contributed by atoms with Gasteiger partial charge in [0, 0.05) is 30.6 Å². The van der Waals surface area contributed by atoms with E-state index in [1.807, 2.05) is 6.07 Å². The number of thiophene rings is 1. The zero-order valence-electron chi connectivity index (χ0n) is 13.6. The minimum Gasteiger partial charge on any atom is -0.305 e. The maximum Gasteiger partial charge on any atom is 0.247 e. The molecular formula is C17H19N3O2S2. The van der Waals surface area contributed by atoms with Crippen LogP contribution in [0.15, 0.2) is 34.5 Å². The van der Waals surface area contributed by atoms with Crippen LogP contribution >= 0.6 is 11.3 Å². The quantitative estimate of drug-likeness (QED) is 0.763. The summed E-state index contributed by atoms with van der Waals surface area (Å²) in [5.74, 6) is 0. The number of likely N-dealkylation sites (N-methyl/N-ethyl adjacent to an activating group) is 1. The number of nitrogens with two attached hydrogens (primary N) is 1. The smallest absolute Gasteiger partial charge is 0.247 e. The Hall–Kier alpha value is -1.67. The van der Waals surface area contributed by atoms with Gasteiger partial charge in [-0.1, -0.05) is 11.6 Å². The van der Waals surface area contributed by atoms with Crippen molar-refractivity contribution in [2.75, 3.05) is 13.6 Å². The van der Waals surface area contributed by atoms with Crippen LogP contribution in [0.2, 0.25) is 0 Å². The average Bonchev–Trinajstić information content (AvgIpc) is 3.09. The van der Waals surface area contributed by atoms with Crippen LogP contribution in [0.3, 0.4) is 0 Å². The second kappa shape index (κ2) is 5.42. The molecule has 24 heavy (non-hydrogen) atoms. The van der Waals surface area contributed by atoms with Crippen LogP contribution in [-0.4, -0.2) is 31.5 Å². The number of aromatic nitrogens is 1. The van der Waals surface area contributed by atoms with Crippen LogP contribution in [0.1, 0.15) is 16.8 Å². The average molecular weight is 361 g/mol. The number of primary sulfonamides is 1. The lowest BCUT2D eigenvalue weighted by Crippen LogP contribution is -2.27. The minimum absolute atomic E-state index is 0.202. The molecule has 4 rings (SSSR count). The van der Waals surface area contributed by atoms with E-state index in [-0.39, 0.29) is 4.21 Å². The highest BCUT2D eigenvalue weighted by Crippen LogP contribution is 2.36. The number of fused-ring (bicyclic) bond motifs is 3. The fourth-order valence-corrected chi connectivity index (χ4v) is 5.20. The van der Waals surface area contributed by atoms with E-state index < -0.39 is 10.0 Å². The first kappa shape index (κ1) is 15.8. The van der Waals surface area contributed by atoms with Gasteiger partial charge in [0.05, 0.1) is 5.52 Å². The predicted octanol–water partition coefficient (Wildman–Crippen LogP) is 2.64. The SMILES string of the molecule is Cc1ccc2c(c1)c1c(n2-c2ccc(S(N)(=O)=O)s2)CCN(C)C1. The van der Waals surface area contributed by atoms with Crippen molar-refractivity contribution in [1.82, 2.24) is 9.47 Å². The molecule has 7 heteroatoms. The van der Waals surface area contributed by atoms with E-state index in [1.54, 1.807) is 6.07 Å². The van der Waals surface area contributed by atoms with Gasteiger partial charge in [-0.15, -0.1) is 11.3 Å². The molecule has 0 unspecified atom stereocenters. The molecule has 0 spiro atoms. The van der Waals surface area contributed by atoms with Gasteiger partial charge in [0.25, 0.3) is 0 Å². The van der Waals surface area contributed by atoms with E-state index in [9.17, 15) is 8.42 Å². The summed E-state index contributed by atoms with van der Waals surface area (Å²) >= 11 is 1.23. The second-order valence-electron chi connectivity index (χ2n) is 6.41. The molecule has 0 saturated heterocycles. The number of aryl methyl sites for hydroxylation is 1. The van der Waals surface area contributed by atoms with Gasteiger partial charge in [-0.3, -0.25) is 0 Å². The van der Waals surface area contributed by atoms with Gasteiger partial charge in [0.15, 0.2) is 0 Å². The zero-order valence-corrected chi connectivity index (χ0v) is 15.2. The van der Waals surface area contributed by atoms with Gasteiger partial charge in [0.1, 0.15) is 9.21 Å². The van der Waals surface area contributed by atoms with Crippen molar-refractivity contribution in [3.8, 4) is 5.00 Å². The highest BCUT2D eigenvalue weighted by atomic mass is 32.2. The van der Waals surface area contributed by atoms with Crippen LogP contribution in [-0.2, 0) is 23.0 Å². The number of rotatable bonds is 2. The molecule has 3 aromatic rings. The van der Waals surface area contributed by atoms with Crippen molar-refractivity contribution in [3.05, 3.63) is 47.2 Å². The Kier molecular flexibility index (Phi) is 3.58. The number of benzene rings is 1. The molecule has 0 saturated carbocycles. The van der Waals surface area contributed by atoms with E-state index in [2.05, 4.69) is 41.6 Å². The number of nitrogens with zero attached hydrogens (tertiary/aromatic N) is 2. The Bertz CT molecular complexity index is 1050. The van der Waals surface area contributed by atoms with Gasteiger partial charge in [-0.05, 0) is 43.8 Å². The minimum atomic E-state index is -3.67. The molecular weight excluding hydrogens is 342 g/mol. The standard InChI is InChI=1S/C17H19N3O2S2/c1-11-3-4-14-12(9-11)13-10-19(2)8-7-15(13)20(14)16-5-6-17(23-16)24(18,21)22/h3-6,9H,7-8,10H2,1-2H3,(H2,18,21,22). The second-order valence-corrected chi connectivity index (χ2v) is 9.26. The van der Waals surface area contributed by atoms with Crippen molar-refractivity contribution < 1.29 is 8.42 Å². The van der Waals surface area contributed by atoms with Crippen molar-refractivity contribution >= 4 is 32.3 Å². The molecule has 0 amide bonds. The third-order valence-corrected chi connectivity index (χ3v) is 7.07. The summed E-state index contributed by atoms with van der Waals surface area (Å²) in [5.41, 5.74) is 4.97. The first-order valence-electron chi connectivity index (χ1n) is 7.79. The molecule has 3 heterocycles. The van der Waals surface area contributed by atoms with Gasteiger partial charge in [-0.2, -0.15) is 0 Å². The van der Waals surface area contributed by atoms with Gasteiger partial charge in [0.2, 0.25) is 10.0 Å². The van der Waals surface area contributed by atoms with E-state index in [0.29, 0.717) is 0 Å². The summed E-state index contributed by atoms with van der Waals surface area (Å²) in [7, 11) is -1.54. The van der Waals surface area contributed by atoms with Crippen LogP contribution in [0.5, 0.6) is 0 Å². The molecule has 2 N–H and O–H groups in total. The lowest BCUT2D eigenvalue weighted by molar-refractivity contribution is 0.311. The molecule has 0 aliphatic carbocycles. The zero-order chi connectivity index (χ0) is 17.1. The molecule has 0 radical (unpaired) electrons. The van der Waals surface area contributed by atoms with Crippen molar-refractivity contribution in [1.29, 1.82) is 0 Å². The van der Waals surface area contributed by atoms with Crippen molar-refractivity contribution in [2.45, 2.75) is 24.1 Å². The van der Waals surface area contributed by atoms with E-state index in [4.69, 9.17) is 5.14 Å². The van der Waals surface area contributed by atoms with Crippen LogP contribution < -0.4 is 5.14 Å². The third kappa shape index (κ3) is 2.48. The highest BCUT2D eigenvalue weighted by molar-refractivity contribution is 7.91. The topological polar surface area (TPSA) is 68.3 Å². The molecule has 1 aliphatic rings. The molecule has 0 atom stereocenters. The third-order valence-electron chi connectivity index (χ3n) is 4.56. The fourth-order valence-electron chi connectivity index (χ4n) is 3.44. The molecule has 0 bridgehead atoms. The Morgan fingerprint density at radius 3 is 2.71 bits per heavy atom. The summed E-state index contributed by atoms with van der Waals surface area (Å²) in [6, 6.07) is 9.89. The van der Waals surface area contributed by atoms with Gasteiger partial charge in [-0.25, -0.2) is 13.6 Å². The molecule has 5 nitrogen and oxygen atoms in total. The maximum atomic E-state index is 11.6. The Balaban J connectivity index is 2.00. The summed E-state index contributed by atoms with van der Waals surface area (Å²) in [6.07, 6.45) is 0.947. The lowest BCUT2D eigenvalue weighted by atomic mass is 10.0. The Labute approximate surface area is 145 Å². The van der Waals surface area contributed by atoms with E-state index >= 15 is 0 Å². The largest absolute Gasteiger partial charge is 0.305 e. The van der Waals surface area contributed by atoms with Gasteiger partial charge >= 0.3 is 0 Å². The monoisotopic (exact) mass is 361 g/mol. The predicted molar refractivity (Wildman–Crippen MR) is 97.3 cm³/mol. The highest BCUT2D eigenvalue weighted by Gasteiger charge is 2.24. The first-order valence-corrected chi connectivity index (χ1v) is 10.2. The summed E-state index contributed by atoms with van der Waals surface area (Å²) in [4.78, 5) is 2.32. The number of sulfonamides is 1. The van der Waals surface area contributed by atoms with E-state index in [1.165, 1.54) is 33.5 Å². The fraction of sp³-hybridized carbons (Fsp3) is 0.294. The molecule has 0 fully saturated rings. The van der Waals surface area contributed by atoms with Crippen LogP contribution in [0.25, 0.3) is 15.9 Å². The molecule has 1 aliphatic heterocycles. The number of hydrogen-bond acceptors (Lipinski definition) is 4. The molecule has 1 aromatic carbocycles. The summed E-state index contributed by atoms with van der Waals surface area (Å²) in [6.45, 7) is 4.01. The van der Waals surface area contributed by atoms with Crippen LogP contribution in [0, 0.1) is 6.92 Å².